The first kappa shape index (κ1) is 11.5. The Hall–Kier alpha value is -1.96. The molecule has 2 aromatic rings. The molecule has 0 aromatic heterocycles. The van der Waals surface area contributed by atoms with E-state index in [-0.39, 0.29) is 0 Å². The second kappa shape index (κ2) is 4.91. The summed E-state index contributed by atoms with van der Waals surface area (Å²) < 4.78 is 0. The van der Waals surface area contributed by atoms with Gasteiger partial charge in [0.05, 0.1) is 0 Å². The maximum absolute atomic E-state index is 5.95. The van der Waals surface area contributed by atoms with Crippen molar-refractivity contribution in [1.29, 1.82) is 0 Å². The van der Waals surface area contributed by atoms with E-state index in [1.54, 1.807) is 0 Å². The Morgan fingerprint density at radius 2 is 1.59 bits per heavy atom. The van der Waals surface area contributed by atoms with Gasteiger partial charge in [-0.25, -0.2) is 0 Å². The summed E-state index contributed by atoms with van der Waals surface area (Å²) in [6, 6.07) is 16.1. The number of para-hydroxylation sites is 1. The molecule has 0 amide bonds. The summed E-state index contributed by atoms with van der Waals surface area (Å²) in [5.74, 6) is 0.445. The van der Waals surface area contributed by atoms with Gasteiger partial charge < -0.3 is 11.5 Å². The minimum absolute atomic E-state index is 0.445. The molecule has 0 aliphatic heterocycles. The van der Waals surface area contributed by atoms with Crippen LogP contribution in [0.3, 0.4) is 0 Å². The Labute approximate surface area is 102 Å². The van der Waals surface area contributed by atoms with Gasteiger partial charge in [-0.15, -0.1) is 0 Å². The summed E-state index contributed by atoms with van der Waals surface area (Å²) >= 11 is 0. The van der Waals surface area contributed by atoms with Gasteiger partial charge in [-0.1, -0.05) is 37.3 Å². The van der Waals surface area contributed by atoms with Crippen molar-refractivity contribution < 1.29 is 0 Å². The molecule has 4 N–H and O–H groups in total. The number of benzene rings is 2. The van der Waals surface area contributed by atoms with Crippen LogP contribution in [0.25, 0.3) is 0 Å². The summed E-state index contributed by atoms with van der Waals surface area (Å²) in [5, 5.41) is 0. The molecular weight excluding hydrogens is 208 g/mol. The smallest absolute Gasteiger partial charge is 0.0346 e. The quantitative estimate of drug-likeness (QED) is 0.790. The van der Waals surface area contributed by atoms with E-state index in [1.165, 1.54) is 11.1 Å². The number of rotatable bonds is 3. The molecule has 88 valence electrons. The van der Waals surface area contributed by atoms with Crippen LogP contribution < -0.4 is 11.5 Å². The van der Waals surface area contributed by atoms with E-state index in [1.807, 2.05) is 30.3 Å². The molecule has 1 unspecified atom stereocenters. The van der Waals surface area contributed by atoms with Gasteiger partial charge in [0.1, 0.15) is 0 Å². The number of hydrogen-bond donors (Lipinski definition) is 2. The van der Waals surface area contributed by atoms with Gasteiger partial charge in [-0.3, -0.25) is 0 Å². The maximum atomic E-state index is 5.95. The fourth-order valence-electron chi connectivity index (χ4n) is 1.99. The molecule has 0 saturated heterocycles. The highest BCUT2D eigenvalue weighted by atomic mass is 14.6. The van der Waals surface area contributed by atoms with E-state index in [0.29, 0.717) is 5.92 Å². The van der Waals surface area contributed by atoms with E-state index < -0.39 is 0 Å². The van der Waals surface area contributed by atoms with Crippen LogP contribution >= 0.6 is 0 Å². The molecule has 0 heterocycles. The third kappa shape index (κ3) is 2.78. The minimum Gasteiger partial charge on any atom is -0.399 e. The van der Waals surface area contributed by atoms with Crippen LogP contribution in [-0.4, -0.2) is 0 Å². The Kier molecular flexibility index (Phi) is 3.33. The van der Waals surface area contributed by atoms with Crippen molar-refractivity contribution in [2.24, 2.45) is 0 Å². The molecule has 0 bridgehead atoms. The standard InChI is InChI=1S/C15H18N2/c1-11(12-6-8-14(16)9-7-12)10-13-4-2-3-5-15(13)17/h2-9,11H,10,16-17H2,1H3. The number of nitrogen functional groups attached to an aromatic ring is 2. The second-order valence-electron chi connectivity index (χ2n) is 4.47. The molecular formula is C15H18N2. The molecule has 0 radical (unpaired) electrons. The molecule has 2 heteroatoms. The van der Waals surface area contributed by atoms with Crippen molar-refractivity contribution in [1.82, 2.24) is 0 Å². The highest BCUT2D eigenvalue weighted by molar-refractivity contribution is 5.47. The van der Waals surface area contributed by atoms with Crippen LogP contribution in [0.2, 0.25) is 0 Å². The van der Waals surface area contributed by atoms with Gasteiger partial charge in [0.2, 0.25) is 0 Å². The maximum Gasteiger partial charge on any atom is 0.0346 e. The minimum atomic E-state index is 0.445. The molecule has 0 aliphatic rings. The van der Waals surface area contributed by atoms with Gasteiger partial charge in [0.15, 0.2) is 0 Å². The Morgan fingerprint density at radius 3 is 2.24 bits per heavy atom. The molecule has 1 atom stereocenters. The molecule has 0 saturated carbocycles. The van der Waals surface area contributed by atoms with Crippen molar-refractivity contribution in [2.45, 2.75) is 19.3 Å². The molecule has 2 aromatic carbocycles. The van der Waals surface area contributed by atoms with Crippen LogP contribution in [0.15, 0.2) is 48.5 Å². The van der Waals surface area contributed by atoms with Crippen LogP contribution in [0, 0.1) is 0 Å². The molecule has 2 nitrogen and oxygen atoms in total. The monoisotopic (exact) mass is 226 g/mol. The lowest BCUT2D eigenvalue weighted by Crippen LogP contribution is -2.01. The Morgan fingerprint density at radius 1 is 0.941 bits per heavy atom. The van der Waals surface area contributed by atoms with Crippen molar-refractivity contribution >= 4 is 11.4 Å². The molecule has 0 aliphatic carbocycles. The third-order valence-electron chi connectivity index (χ3n) is 3.09. The fraction of sp³-hybridized carbons (Fsp3) is 0.200. The highest BCUT2D eigenvalue weighted by Gasteiger charge is 2.08. The van der Waals surface area contributed by atoms with Crippen molar-refractivity contribution in [2.75, 3.05) is 11.5 Å². The third-order valence-corrected chi connectivity index (χ3v) is 3.09. The van der Waals surface area contributed by atoms with Crippen LogP contribution in [0.4, 0.5) is 11.4 Å². The number of anilines is 2. The zero-order valence-corrected chi connectivity index (χ0v) is 10.1. The van der Waals surface area contributed by atoms with E-state index in [4.69, 9.17) is 11.5 Å². The van der Waals surface area contributed by atoms with Crippen molar-refractivity contribution in [3.05, 3.63) is 59.7 Å². The fourth-order valence-corrected chi connectivity index (χ4v) is 1.99. The predicted molar refractivity (Wildman–Crippen MR) is 73.8 cm³/mol. The normalized spacial score (nSPS) is 12.3. The Balaban J connectivity index is 2.14. The lowest BCUT2D eigenvalue weighted by atomic mass is 9.93. The highest BCUT2D eigenvalue weighted by Crippen LogP contribution is 2.23. The summed E-state index contributed by atoms with van der Waals surface area (Å²) in [5.41, 5.74) is 15.8. The second-order valence-corrected chi connectivity index (χ2v) is 4.47. The first-order chi connectivity index (χ1) is 8.16. The summed E-state index contributed by atoms with van der Waals surface area (Å²) in [6.07, 6.45) is 0.955. The van der Waals surface area contributed by atoms with Crippen LogP contribution in [0.1, 0.15) is 24.0 Å². The topological polar surface area (TPSA) is 52.0 Å². The van der Waals surface area contributed by atoms with Crippen LogP contribution in [-0.2, 0) is 6.42 Å². The van der Waals surface area contributed by atoms with Gasteiger partial charge in [-0.2, -0.15) is 0 Å². The summed E-state index contributed by atoms with van der Waals surface area (Å²) in [6.45, 7) is 2.21. The predicted octanol–water partition coefficient (Wildman–Crippen LogP) is 3.20. The molecule has 17 heavy (non-hydrogen) atoms. The van der Waals surface area contributed by atoms with E-state index in [2.05, 4.69) is 25.1 Å². The number of hydrogen-bond acceptors (Lipinski definition) is 2. The average molecular weight is 226 g/mol. The van der Waals surface area contributed by atoms with Gasteiger partial charge in [0, 0.05) is 11.4 Å². The Bertz CT molecular complexity index is 489. The SMILES string of the molecule is CC(Cc1ccccc1N)c1ccc(N)cc1. The number of nitrogens with two attached hydrogens (primary N) is 2. The van der Waals surface area contributed by atoms with Gasteiger partial charge in [-0.05, 0) is 41.7 Å². The summed E-state index contributed by atoms with van der Waals surface area (Å²) in [7, 11) is 0. The first-order valence-electron chi connectivity index (χ1n) is 5.85. The lowest BCUT2D eigenvalue weighted by molar-refractivity contribution is 0.761. The van der Waals surface area contributed by atoms with Gasteiger partial charge in [0.25, 0.3) is 0 Å². The summed E-state index contributed by atoms with van der Waals surface area (Å²) in [4.78, 5) is 0. The zero-order valence-electron chi connectivity index (χ0n) is 10.1. The molecule has 0 fully saturated rings. The molecule has 2 rings (SSSR count). The van der Waals surface area contributed by atoms with E-state index >= 15 is 0 Å². The van der Waals surface area contributed by atoms with Gasteiger partial charge >= 0.3 is 0 Å². The van der Waals surface area contributed by atoms with E-state index in [9.17, 15) is 0 Å². The molecule has 0 spiro atoms. The first-order valence-corrected chi connectivity index (χ1v) is 5.85. The van der Waals surface area contributed by atoms with Crippen molar-refractivity contribution in [3.8, 4) is 0 Å². The lowest BCUT2D eigenvalue weighted by Gasteiger charge is -2.13. The van der Waals surface area contributed by atoms with Crippen molar-refractivity contribution in [3.63, 3.8) is 0 Å². The zero-order chi connectivity index (χ0) is 12.3. The van der Waals surface area contributed by atoms with E-state index in [0.717, 1.165) is 17.8 Å². The largest absolute Gasteiger partial charge is 0.399 e. The van der Waals surface area contributed by atoms with Crippen LogP contribution in [0.5, 0.6) is 0 Å². The average Bonchev–Trinajstić information content (AvgIpc) is 2.33.